The van der Waals surface area contributed by atoms with Gasteiger partial charge in [0.2, 0.25) is 5.91 Å². The minimum Gasteiger partial charge on any atom is -0.378 e. The second-order valence-corrected chi connectivity index (χ2v) is 6.26. The number of ether oxygens (including phenoxy) is 2. The monoisotopic (exact) mass is 328 g/mol. The van der Waals surface area contributed by atoms with Gasteiger partial charge in [-0.2, -0.15) is 0 Å². The summed E-state index contributed by atoms with van der Waals surface area (Å²) in [6, 6.07) is -0.0612. The molecular weight excluding hydrogens is 300 g/mol. The van der Waals surface area contributed by atoms with Crippen LogP contribution in [0, 0.1) is 0 Å². The van der Waals surface area contributed by atoms with E-state index in [0.29, 0.717) is 32.8 Å². The number of likely N-dealkylation sites (N-methyl/N-ethyl adjacent to an activating group) is 1. The zero-order valence-corrected chi connectivity index (χ0v) is 13.8. The van der Waals surface area contributed by atoms with Gasteiger partial charge in [-0.25, -0.2) is 4.79 Å². The molecule has 132 valence electrons. The SMILES string of the molecule is CN(CC(N)=O)C[C@@H]1CN(C(=O)NCC[C@H]2CCCO2)CCO1. The van der Waals surface area contributed by atoms with Gasteiger partial charge in [-0.05, 0) is 26.3 Å². The van der Waals surface area contributed by atoms with Crippen molar-refractivity contribution < 1.29 is 19.1 Å². The molecule has 0 aromatic carbocycles. The van der Waals surface area contributed by atoms with Gasteiger partial charge in [-0.1, -0.05) is 0 Å². The van der Waals surface area contributed by atoms with Crippen LogP contribution in [0.4, 0.5) is 4.79 Å². The fourth-order valence-corrected chi connectivity index (χ4v) is 3.02. The van der Waals surface area contributed by atoms with Crippen LogP contribution in [0.3, 0.4) is 0 Å². The molecule has 0 aromatic heterocycles. The Morgan fingerprint density at radius 1 is 1.30 bits per heavy atom. The van der Waals surface area contributed by atoms with Crippen molar-refractivity contribution in [2.75, 3.05) is 53.0 Å². The van der Waals surface area contributed by atoms with Crippen LogP contribution < -0.4 is 11.1 Å². The van der Waals surface area contributed by atoms with Crippen LogP contribution >= 0.6 is 0 Å². The van der Waals surface area contributed by atoms with E-state index in [1.165, 1.54) is 0 Å². The van der Waals surface area contributed by atoms with Crippen molar-refractivity contribution in [3.05, 3.63) is 0 Å². The van der Waals surface area contributed by atoms with Crippen LogP contribution in [0.25, 0.3) is 0 Å². The molecular formula is C15H28N4O4. The summed E-state index contributed by atoms with van der Waals surface area (Å²) in [6.45, 7) is 3.84. The molecule has 3 N–H and O–H groups in total. The summed E-state index contributed by atoms with van der Waals surface area (Å²) >= 11 is 0. The summed E-state index contributed by atoms with van der Waals surface area (Å²) in [5, 5.41) is 2.95. The van der Waals surface area contributed by atoms with Crippen molar-refractivity contribution in [3.8, 4) is 0 Å². The van der Waals surface area contributed by atoms with E-state index >= 15 is 0 Å². The number of primary amides is 1. The number of urea groups is 1. The Bertz CT molecular complexity index is 401. The van der Waals surface area contributed by atoms with E-state index in [9.17, 15) is 9.59 Å². The summed E-state index contributed by atoms with van der Waals surface area (Å²) in [4.78, 5) is 26.7. The Labute approximate surface area is 137 Å². The Balaban J connectivity index is 1.67. The zero-order valence-electron chi connectivity index (χ0n) is 13.8. The van der Waals surface area contributed by atoms with Gasteiger partial charge in [-0.3, -0.25) is 9.69 Å². The number of carbonyl (C=O) groups is 2. The predicted octanol–water partition coefficient (Wildman–Crippen LogP) is -0.617. The van der Waals surface area contributed by atoms with Gasteiger partial charge in [0.25, 0.3) is 0 Å². The number of rotatable bonds is 7. The first-order valence-electron chi connectivity index (χ1n) is 8.27. The highest BCUT2D eigenvalue weighted by Gasteiger charge is 2.25. The van der Waals surface area contributed by atoms with Crippen molar-refractivity contribution in [1.29, 1.82) is 0 Å². The zero-order chi connectivity index (χ0) is 16.7. The van der Waals surface area contributed by atoms with Gasteiger partial charge < -0.3 is 25.4 Å². The van der Waals surface area contributed by atoms with Gasteiger partial charge in [0.1, 0.15) is 0 Å². The standard InChI is InChI=1S/C15H28N4O4/c1-18(11-14(16)20)9-13-10-19(6-8-23-13)15(21)17-5-4-12-3-2-7-22-12/h12-13H,2-11H2,1H3,(H2,16,20)(H,17,21)/t12-,13-/m1/s1. The third kappa shape index (κ3) is 6.32. The highest BCUT2D eigenvalue weighted by molar-refractivity contribution is 5.76. The fourth-order valence-electron chi connectivity index (χ4n) is 3.02. The molecule has 0 aliphatic carbocycles. The number of nitrogens with two attached hydrogens (primary N) is 1. The topological polar surface area (TPSA) is 97.1 Å². The van der Waals surface area contributed by atoms with Crippen molar-refractivity contribution >= 4 is 11.9 Å². The maximum atomic E-state index is 12.2. The summed E-state index contributed by atoms with van der Waals surface area (Å²) in [6.07, 6.45) is 3.25. The van der Waals surface area contributed by atoms with Gasteiger partial charge in [0, 0.05) is 32.8 Å². The number of hydrogen-bond donors (Lipinski definition) is 2. The third-order valence-corrected chi connectivity index (χ3v) is 4.13. The normalized spacial score (nSPS) is 24.9. The lowest BCUT2D eigenvalue weighted by Gasteiger charge is -2.34. The highest BCUT2D eigenvalue weighted by Crippen LogP contribution is 2.14. The first kappa shape index (κ1) is 18.0. The summed E-state index contributed by atoms with van der Waals surface area (Å²) in [7, 11) is 1.81. The van der Waals surface area contributed by atoms with E-state index in [4.69, 9.17) is 15.2 Å². The van der Waals surface area contributed by atoms with E-state index in [-0.39, 0.29) is 30.7 Å². The molecule has 23 heavy (non-hydrogen) atoms. The average molecular weight is 328 g/mol. The maximum absolute atomic E-state index is 12.2. The fraction of sp³-hybridized carbons (Fsp3) is 0.867. The smallest absolute Gasteiger partial charge is 0.317 e. The van der Waals surface area contributed by atoms with E-state index in [1.54, 1.807) is 4.90 Å². The van der Waals surface area contributed by atoms with Crippen LogP contribution in [0.15, 0.2) is 0 Å². The molecule has 0 unspecified atom stereocenters. The molecule has 2 heterocycles. The van der Waals surface area contributed by atoms with Crippen LogP contribution in [0.5, 0.6) is 0 Å². The van der Waals surface area contributed by atoms with Gasteiger partial charge >= 0.3 is 6.03 Å². The van der Waals surface area contributed by atoms with E-state index in [0.717, 1.165) is 25.9 Å². The third-order valence-electron chi connectivity index (χ3n) is 4.13. The molecule has 8 heteroatoms. The summed E-state index contributed by atoms with van der Waals surface area (Å²) < 4.78 is 11.2. The highest BCUT2D eigenvalue weighted by atomic mass is 16.5. The van der Waals surface area contributed by atoms with Crippen molar-refractivity contribution in [1.82, 2.24) is 15.1 Å². The first-order chi connectivity index (χ1) is 11.0. The van der Waals surface area contributed by atoms with E-state index < -0.39 is 0 Å². The number of amides is 3. The number of hydrogen-bond acceptors (Lipinski definition) is 5. The Hall–Kier alpha value is -1.38. The molecule has 0 aromatic rings. The Morgan fingerprint density at radius 3 is 2.78 bits per heavy atom. The number of morpholine rings is 1. The van der Waals surface area contributed by atoms with E-state index in [2.05, 4.69) is 5.32 Å². The number of carbonyl (C=O) groups excluding carboxylic acids is 2. The molecule has 8 nitrogen and oxygen atoms in total. The van der Waals surface area contributed by atoms with Gasteiger partial charge in [0.15, 0.2) is 0 Å². The largest absolute Gasteiger partial charge is 0.378 e. The second kappa shape index (κ2) is 9.05. The Kier molecular flexibility index (Phi) is 7.07. The molecule has 2 rings (SSSR count). The minimum atomic E-state index is -0.368. The Morgan fingerprint density at radius 2 is 2.09 bits per heavy atom. The minimum absolute atomic E-state index is 0.0612. The molecule has 0 radical (unpaired) electrons. The predicted molar refractivity (Wildman–Crippen MR) is 85.0 cm³/mol. The molecule has 2 fully saturated rings. The first-order valence-corrected chi connectivity index (χ1v) is 8.27. The quantitative estimate of drug-likeness (QED) is 0.649. The second-order valence-electron chi connectivity index (χ2n) is 6.26. The molecule has 0 spiro atoms. The molecule has 2 atom stereocenters. The lowest BCUT2D eigenvalue weighted by atomic mass is 10.2. The maximum Gasteiger partial charge on any atom is 0.317 e. The van der Waals surface area contributed by atoms with Crippen LogP contribution in [-0.2, 0) is 14.3 Å². The van der Waals surface area contributed by atoms with Crippen molar-refractivity contribution in [2.24, 2.45) is 5.73 Å². The van der Waals surface area contributed by atoms with Gasteiger partial charge in [-0.15, -0.1) is 0 Å². The summed E-state index contributed by atoms with van der Waals surface area (Å²) in [5.41, 5.74) is 5.17. The summed E-state index contributed by atoms with van der Waals surface area (Å²) in [5.74, 6) is -0.368. The van der Waals surface area contributed by atoms with Crippen LogP contribution in [0.1, 0.15) is 19.3 Å². The lowest BCUT2D eigenvalue weighted by Crippen LogP contribution is -2.52. The van der Waals surface area contributed by atoms with Crippen molar-refractivity contribution in [2.45, 2.75) is 31.5 Å². The molecule has 2 aliphatic rings. The molecule has 2 saturated heterocycles. The van der Waals surface area contributed by atoms with Crippen LogP contribution in [-0.4, -0.2) is 86.9 Å². The molecule has 3 amide bonds. The molecule has 0 bridgehead atoms. The molecule has 0 saturated carbocycles. The average Bonchev–Trinajstić information content (AvgIpc) is 2.99. The lowest BCUT2D eigenvalue weighted by molar-refractivity contribution is -0.119. The number of nitrogens with one attached hydrogen (secondary N) is 1. The molecule has 2 aliphatic heterocycles. The van der Waals surface area contributed by atoms with Gasteiger partial charge in [0.05, 0.1) is 25.4 Å². The van der Waals surface area contributed by atoms with E-state index in [1.807, 2.05) is 11.9 Å². The van der Waals surface area contributed by atoms with Crippen molar-refractivity contribution in [3.63, 3.8) is 0 Å². The van der Waals surface area contributed by atoms with Crippen LogP contribution in [0.2, 0.25) is 0 Å². The number of nitrogens with zero attached hydrogens (tertiary/aromatic N) is 2.